The summed E-state index contributed by atoms with van der Waals surface area (Å²) in [7, 11) is 3.16. The van der Waals surface area contributed by atoms with Crippen molar-refractivity contribution < 1.29 is 14.2 Å². The van der Waals surface area contributed by atoms with Crippen LogP contribution in [0, 0.1) is 6.92 Å². The molecule has 0 aromatic carbocycles. The van der Waals surface area contributed by atoms with Crippen molar-refractivity contribution in [2.75, 3.05) is 14.1 Å². The highest BCUT2D eigenvalue weighted by Crippen LogP contribution is 2.28. The number of aryl methyl sites for hydroxylation is 2. The van der Waals surface area contributed by atoms with Crippen LogP contribution in [0.5, 0.6) is 0 Å². The zero-order chi connectivity index (χ0) is 17.7. The van der Waals surface area contributed by atoms with Gasteiger partial charge in [-0.05, 0) is 13.3 Å². The number of rotatable bonds is 4. The molecule has 0 N–H and O–H groups in total. The van der Waals surface area contributed by atoms with Crippen LogP contribution in [0.1, 0.15) is 18.2 Å². The van der Waals surface area contributed by atoms with Gasteiger partial charge < -0.3 is 4.57 Å². The molecular weight excluding hydrogens is 322 g/mol. The number of carbonyl (C=O) groups is 2. The van der Waals surface area contributed by atoms with Gasteiger partial charge in [-0.25, -0.2) is 18.9 Å². The van der Waals surface area contributed by atoms with E-state index >= 15 is 0 Å². The maximum absolute atomic E-state index is 12.6. The van der Waals surface area contributed by atoms with Gasteiger partial charge in [0, 0.05) is 33.0 Å². The van der Waals surface area contributed by atoms with Crippen molar-refractivity contribution in [1.29, 1.82) is 0 Å². The number of imidazole rings is 2. The predicted molar refractivity (Wildman–Crippen MR) is 88.3 cm³/mol. The number of likely N-dealkylation sites (N-methyl/N-ethyl adjacent to an activating group) is 2. The highest BCUT2D eigenvalue weighted by molar-refractivity contribution is 6.18. The molecule has 4 heterocycles. The Kier molecular flexibility index (Phi) is 3.45. The first kappa shape index (κ1) is 15.6. The summed E-state index contributed by atoms with van der Waals surface area (Å²) in [6.07, 6.45) is 8.34. The average molecular weight is 342 g/mol. The van der Waals surface area contributed by atoms with Crippen molar-refractivity contribution in [2.45, 2.75) is 32.5 Å². The minimum atomic E-state index is -0.559. The third-order valence-corrected chi connectivity index (χ3v) is 4.80. The molecule has 2 aliphatic rings. The van der Waals surface area contributed by atoms with Crippen LogP contribution in [0.15, 0.2) is 29.9 Å². The smallest absolute Gasteiger partial charge is 0.337 e. The summed E-state index contributed by atoms with van der Waals surface area (Å²) < 4.78 is 5.99. The van der Waals surface area contributed by atoms with Crippen molar-refractivity contribution in [3.05, 3.63) is 30.6 Å². The number of fused-ring (bicyclic) bond motifs is 3. The lowest BCUT2D eigenvalue weighted by atomic mass is 10.2. The Morgan fingerprint density at radius 2 is 2.00 bits per heavy atom. The number of nitrogens with zero attached hydrogens (tertiary/aromatic N) is 7. The monoisotopic (exact) mass is 342 g/mol. The third kappa shape index (κ3) is 2.26. The Morgan fingerprint density at radius 1 is 1.20 bits per heavy atom. The van der Waals surface area contributed by atoms with Gasteiger partial charge in [-0.1, -0.05) is 4.99 Å². The number of amidine groups is 1. The molecule has 9 nitrogen and oxygen atoms in total. The van der Waals surface area contributed by atoms with Gasteiger partial charge in [0.2, 0.25) is 11.9 Å². The molecule has 9 heteroatoms. The molecule has 1 saturated heterocycles. The first-order valence-corrected chi connectivity index (χ1v) is 8.20. The van der Waals surface area contributed by atoms with Crippen LogP contribution in [0.25, 0.3) is 0 Å². The number of urea groups is 1. The molecule has 1 atom stereocenters. The summed E-state index contributed by atoms with van der Waals surface area (Å²) in [5, 5.41) is 0. The maximum atomic E-state index is 12.6. The van der Waals surface area contributed by atoms with Gasteiger partial charge in [0.15, 0.2) is 0 Å². The number of hydrogen-bond donors (Lipinski definition) is 0. The van der Waals surface area contributed by atoms with Crippen molar-refractivity contribution in [3.63, 3.8) is 0 Å². The van der Waals surface area contributed by atoms with Crippen molar-refractivity contribution in [1.82, 2.24) is 23.9 Å². The number of aromatic nitrogens is 4. The molecular formula is C16H20N7O2+. The van der Waals surface area contributed by atoms with Crippen LogP contribution >= 0.6 is 0 Å². The Labute approximate surface area is 144 Å². The molecule has 2 aromatic heterocycles. The van der Waals surface area contributed by atoms with E-state index in [1.807, 2.05) is 28.5 Å². The van der Waals surface area contributed by atoms with Crippen molar-refractivity contribution >= 4 is 23.7 Å². The molecule has 4 rings (SSSR count). The number of amides is 3. The largest absolute Gasteiger partial charge is 0.401 e. The molecule has 0 aliphatic carbocycles. The summed E-state index contributed by atoms with van der Waals surface area (Å²) in [4.78, 5) is 36.0. The quantitative estimate of drug-likeness (QED) is 0.758. The van der Waals surface area contributed by atoms with Gasteiger partial charge in [0.05, 0.1) is 12.9 Å². The molecule has 0 bridgehead atoms. The van der Waals surface area contributed by atoms with E-state index < -0.39 is 6.04 Å². The first-order chi connectivity index (χ1) is 12.0. The van der Waals surface area contributed by atoms with Gasteiger partial charge in [-0.15, -0.1) is 0 Å². The zero-order valence-corrected chi connectivity index (χ0v) is 14.5. The van der Waals surface area contributed by atoms with E-state index in [2.05, 4.69) is 14.5 Å². The lowest BCUT2D eigenvalue weighted by Gasteiger charge is -2.30. The van der Waals surface area contributed by atoms with E-state index in [0.29, 0.717) is 11.8 Å². The van der Waals surface area contributed by atoms with Crippen LogP contribution in [-0.4, -0.2) is 55.8 Å². The summed E-state index contributed by atoms with van der Waals surface area (Å²) >= 11 is 0. The highest BCUT2D eigenvalue weighted by atomic mass is 16.2. The van der Waals surface area contributed by atoms with Gasteiger partial charge in [0.25, 0.3) is 5.91 Å². The zero-order valence-electron chi connectivity index (χ0n) is 14.5. The predicted octanol–water partition coefficient (Wildman–Crippen LogP) is 0.479. The average Bonchev–Trinajstić information content (AvgIpc) is 3.28. The molecule has 0 radical (unpaired) electrons. The molecule has 1 unspecified atom stereocenters. The van der Waals surface area contributed by atoms with E-state index in [-0.39, 0.29) is 11.9 Å². The van der Waals surface area contributed by atoms with Crippen LogP contribution in [0.3, 0.4) is 0 Å². The van der Waals surface area contributed by atoms with E-state index in [9.17, 15) is 9.59 Å². The number of hydrogen-bond acceptors (Lipinski definition) is 4. The fourth-order valence-corrected chi connectivity index (χ4v) is 3.42. The van der Waals surface area contributed by atoms with Gasteiger partial charge in [-0.2, -0.15) is 0 Å². The van der Waals surface area contributed by atoms with Crippen molar-refractivity contribution in [3.8, 4) is 0 Å². The van der Waals surface area contributed by atoms with Crippen LogP contribution in [0.2, 0.25) is 0 Å². The molecule has 1 fully saturated rings. The lowest BCUT2D eigenvalue weighted by molar-refractivity contribution is -0.677. The number of imide groups is 1. The molecule has 2 aromatic rings. The lowest BCUT2D eigenvalue weighted by Crippen LogP contribution is -2.61. The van der Waals surface area contributed by atoms with Crippen LogP contribution in [-0.2, 0) is 17.9 Å². The minimum absolute atomic E-state index is 0.249. The fraction of sp³-hybridized carbons (Fsp3) is 0.438. The highest BCUT2D eigenvalue weighted by Gasteiger charge is 2.52. The Hall–Kier alpha value is -2.97. The molecule has 3 amide bonds. The van der Waals surface area contributed by atoms with E-state index in [4.69, 9.17) is 0 Å². The second-order valence-electron chi connectivity index (χ2n) is 6.39. The van der Waals surface area contributed by atoms with Crippen molar-refractivity contribution in [2.24, 2.45) is 4.99 Å². The molecule has 0 spiro atoms. The van der Waals surface area contributed by atoms with Crippen LogP contribution < -0.4 is 4.57 Å². The minimum Gasteiger partial charge on any atom is -0.337 e. The Bertz CT molecular complexity index is 881. The molecule has 0 saturated carbocycles. The summed E-state index contributed by atoms with van der Waals surface area (Å²) in [6.45, 7) is 3.64. The van der Waals surface area contributed by atoms with Gasteiger partial charge in [-0.3, -0.25) is 14.6 Å². The Balaban J connectivity index is 1.62. The van der Waals surface area contributed by atoms with Gasteiger partial charge in [0.1, 0.15) is 11.9 Å². The summed E-state index contributed by atoms with van der Waals surface area (Å²) in [6, 6.07) is -0.912. The van der Waals surface area contributed by atoms with E-state index in [1.165, 1.54) is 11.9 Å². The topological polar surface area (TPSA) is 79.6 Å². The van der Waals surface area contributed by atoms with Gasteiger partial charge >= 0.3 is 12.0 Å². The second kappa shape index (κ2) is 5.54. The standard InChI is InChI=1S/C16H20N7O2/c1-11-9-23-12-13(19(2)16(25)20(3)14(12)24)18-15(23)22(11)7-4-6-21-8-5-17-10-21/h5,8-10,12H,4,6-7H2,1-3H3/q+1. The second-order valence-corrected chi connectivity index (χ2v) is 6.39. The molecule has 130 valence electrons. The normalized spacial score (nSPS) is 19.3. The first-order valence-electron chi connectivity index (χ1n) is 8.20. The number of aliphatic imine (C=N–C) groups is 1. The SMILES string of the molecule is Cc1c[n+]2c(n1CCCn1ccnc1)N=C1C2C(=O)N(C)C(=O)N1C. The third-order valence-electron chi connectivity index (χ3n) is 4.80. The molecule has 2 aliphatic heterocycles. The number of carbonyl (C=O) groups excluding carboxylic acids is 2. The van der Waals surface area contributed by atoms with Crippen LogP contribution in [0.4, 0.5) is 10.7 Å². The summed E-state index contributed by atoms with van der Waals surface area (Å²) in [5.74, 6) is 0.957. The van der Waals surface area contributed by atoms with E-state index in [1.54, 1.807) is 19.6 Å². The van der Waals surface area contributed by atoms with E-state index in [0.717, 1.165) is 30.1 Å². The Morgan fingerprint density at radius 3 is 2.72 bits per heavy atom. The summed E-state index contributed by atoms with van der Waals surface area (Å²) in [5.41, 5.74) is 1.04. The fourth-order valence-electron chi connectivity index (χ4n) is 3.42. The molecule has 25 heavy (non-hydrogen) atoms. The maximum Gasteiger partial charge on any atom is 0.401 e.